The van der Waals surface area contributed by atoms with Crippen LogP contribution in [0, 0.1) is 19.7 Å². The van der Waals surface area contributed by atoms with E-state index in [1.807, 2.05) is 32.0 Å². The molecule has 0 radical (unpaired) electrons. The van der Waals surface area contributed by atoms with Crippen molar-refractivity contribution < 1.29 is 22.4 Å². The summed E-state index contributed by atoms with van der Waals surface area (Å²) in [6.45, 7) is 4.84. The van der Waals surface area contributed by atoms with Crippen molar-refractivity contribution in [1.82, 2.24) is 24.4 Å². The number of aromatic nitrogens is 3. The van der Waals surface area contributed by atoms with Crippen LogP contribution in [0.1, 0.15) is 40.2 Å². The fourth-order valence-electron chi connectivity index (χ4n) is 4.66. The number of thioether (sulfide) groups is 1. The van der Waals surface area contributed by atoms with Gasteiger partial charge in [-0.3, -0.25) is 14.2 Å². The summed E-state index contributed by atoms with van der Waals surface area (Å²) in [5, 5.41) is 14.6. The van der Waals surface area contributed by atoms with Crippen LogP contribution < -0.4 is 10.6 Å². The van der Waals surface area contributed by atoms with E-state index in [1.165, 1.54) is 40.7 Å². The molecule has 1 saturated heterocycles. The van der Waals surface area contributed by atoms with Crippen LogP contribution in [0.15, 0.2) is 76.8 Å². The smallest absolute Gasteiger partial charge is 0.251 e. The SMILES string of the molecule is Cc1ccc(C)c(NC(=O)CSc2nnc(CNC(=O)c3ccc(S(=O)(=O)N4CCCC4)cc3)n2-c2ccc(F)cc2)c1. The van der Waals surface area contributed by atoms with Gasteiger partial charge < -0.3 is 10.6 Å². The fraction of sp³-hybridized carbons (Fsp3) is 0.267. The number of hydrogen-bond acceptors (Lipinski definition) is 7. The zero-order valence-electron chi connectivity index (χ0n) is 23.7. The highest BCUT2D eigenvalue weighted by atomic mass is 32.2. The number of carbonyl (C=O) groups is 2. The number of halogens is 1. The Hall–Kier alpha value is -4.07. The number of carbonyl (C=O) groups excluding carboxylic acids is 2. The van der Waals surface area contributed by atoms with Crippen LogP contribution >= 0.6 is 11.8 Å². The number of benzene rings is 3. The molecule has 3 aromatic carbocycles. The van der Waals surface area contributed by atoms with Gasteiger partial charge in [0.2, 0.25) is 15.9 Å². The molecule has 1 aliphatic heterocycles. The van der Waals surface area contributed by atoms with Crippen LogP contribution in [-0.4, -0.2) is 58.1 Å². The zero-order valence-corrected chi connectivity index (χ0v) is 25.3. The van der Waals surface area contributed by atoms with Gasteiger partial charge in [0.1, 0.15) is 5.82 Å². The minimum absolute atomic E-state index is 0.0215. The molecule has 2 amide bonds. The van der Waals surface area contributed by atoms with Gasteiger partial charge in [0, 0.05) is 30.0 Å². The average molecular weight is 623 g/mol. The van der Waals surface area contributed by atoms with E-state index >= 15 is 0 Å². The third-order valence-corrected chi connectivity index (χ3v) is 9.85. The highest BCUT2D eigenvalue weighted by molar-refractivity contribution is 7.99. The van der Waals surface area contributed by atoms with E-state index in [-0.39, 0.29) is 28.7 Å². The molecule has 224 valence electrons. The van der Waals surface area contributed by atoms with E-state index in [2.05, 4.69) is 20.8 Å². The number of rotatable bonds is 10. The van der Waals surface area contributed by atoms with Crippen LogP contribution in [0.2, 0.25) is 0 Å². The standard InChI is InChI=1S/C30H31FN6O4S2/c1-20-5-6-21(2)26(17-20)33-28(38)19-42-30-35-34-27(37(30)24-11-9-23(31)10-12-24)18-32-29(39)22-7-13-25(14-8-22)43(40,41)36-15-3-4-16-36/h5-14,17H,3-4,15-16,18-19H2,1-2H3,(H,32,39)(H,33,38). The largest absolute Gasteiger partial charge is 0.345 e. The highest BCUT2D eigenvalue weighted by Crippen LogP contribution is 2.24. The Labute approximate surface area is 253 Å². The molecule has 0 saturated carbocycles. The lowest BCUT2D eigenvalue weighted by molar-refractivity contribution is -0.113. The van der Waals surface area contributed by atoms with E-state index in [9.17, 15) is 22.4 Å². The van der Waals surface area contributed by atoms with E-state index in [0.29, 0.717) is 29.8 Å². The molecule has 13 heteroatoms. The molecule has 5 rings (SSSR count). The van der Waals surface area contributed by atoms with Crippen molar-refractivity contribution in [2.45, 2.75) is 43.3 Å². The predicted octanol–water partition coefficient (Wildman–Crippen LogP) is 4.47. The molecule has 1 fully saturated rings. The summed E-state index contributed by atoms with van der Waals surface area (Å²) in [7, 11) is -3.58. The Kier molecular flexibility index (Phi) is 9.23. The number of anilines is 1. The van der Waals surface area contributed by atoms with Gasteiger partial charge >= 0.3 is 0 Å². The molecule has 0 unspecified atom stereocenters. The molecular formula is C30H31FN6O4S2. The third kappa shape index (κ3) is 7.12. The van der Waals surface area contributed by atoms with Gasteiger partial charge in [-0.15, -0.1) is 10.2 Å². The highest BCUT2D eigenvalue weighted by Gasteiger charge is 2.27. The van der Waals surface area contributed by atoms with Gasteiger partial charge in [0.15, 0.2) is 11.0 Å². The zero-order chi connectivity index (χ0) is 30.6. The van der Waals surface area contributed by atoms with Gasteiger partial charge in [-0.1, -0.05) is 23.9 Å². The van der Waals surface area contributed by atoms with Crippen LogP contribution in [-0.2, 0) is 21.4 Å². The maximum atomic E-state index is 13.7. The number of hydrogen-bond donors (Lipinski definition) is 2. The Bertz CT molecular complexity index is 1740. The van der Waals surface area contributed by atoms with Crippen LogP contribution in [0.5, 0.6) is 0 Å². The number of nitrogens with zero attached hydrogens (tertiary/aromatic N) is 4. The summed E-state index contributed by atoms with van der Waals surface area (Å²) in [5.74, 6) is -0.654. The number of aryl methyl sites for hydroxylation is 2. The van der Waals surface area contributed by atoms with E-state index in [0.717, 1.165) is 41.4 Å². The van der Waals surface area contributed by atoms with Gasteiger partial charge in [0.05, 0.1) is 17.2 Å². The number of nitrogens with one attached hydrogen (secondary N) is 2. The minimum Gasteiger partial charge on any atom is -0.345 e. The molecule has 10 nitrogen and oxygen atoms in total. The molecule has 2 heterocycles. The lowest BCUT2D eigenvalue weighted by Crippen LogP contribution is -2.28. The lowest BCUT2D eigenvalue weighted by Gasteiger charge is -2.15. The van der Waals surface area contributed by atoms with Crippen molar-refractivity contribution in [1.29, 1.82) is 0 Å². The van der Waals surface area contributed by atoms with Gasteiger partial charge in [-0.25, -0.2) is 12.8 Å². The summed E-state index contributed by atoms with van der Waals surface area (Å²) in [6.07, 6.45) is 1.67. The summed E-state index contributed by atoms with van der Waals surface area (Å²) in [5.41, 5.74) is 3.55. The second-order valence-electron chi connectivity index (χ2n) is 10.2. The average Bonchev–Trinajstić information content (AvgIpc) is 3.68. The van der Waals surface area contributed by atoms with E-state index in [1.54, 1.807) is 16.7 Å². The molecule has 1 aliphatic rings. The first-order valence-corrected chi connectivity index (χ1v) is 16.1. The summed E-state index contributed by atoms with van der Waals surface area (Å²) >= 11 is 1.16. The van der Waals surface area contributed by atoms with Crippen molar-refractivity contribution in [3.8, 4) is 5.69 Å². The molecule has 0 bridgehead atoms. The first kappa shape index (κ1) is 30.4. The summed E-state index contributed by atoms with van der Waals surface area (Å²) in [4.78, 5) is 25.8. The Morgan fingerprint density at radius 2 is 1.65 bits per heavy atom. The monoisotopic (exact) mass is 622 g/mol. The first-order valence-electron chi connectivity index (χ1n) is 13.7. The van der Waals surface area contributed by atoms with Crippen molar-refractivity contribution in [2.24, 2.45) is 0 Å². The third-order valence-electron chi connectivity index (χ3n) is 7.01. The number of sulfonamides is 1. The van der Waals surface area contributed by atoms with Crippen LogP contribution in [0.3, 0.4) is 0 Å². The van der Waals surface area contributed by atoms with Crippen molar-refractivity contribution in [3.63, 3.8) is 0 Å². The lowest BCUT2D eigenvalue weighted by atomic mass is 10.1. The molecule has 1 aromatic heterocycles. The number of amides is 2. The second kappa shape index (κ2) is 13.1. The topological polar surface area (TPSA) is 126 Å². The van der Waals surface area contributed by atoms with Crippen molar-refractivity contribution in [3.05, 3.63) is 95.1 Å². The Morgan fingerprint density at radius 3 is 2.35 bits per heavy atom. The molecule has 0 aliphatic carbocycles. The minimum atomic E-state index is -3.58. The van der Waals surface area contributed by atoms with Crippen molar-refractivity contribution >= 4 is 39.3 Å². The second-order valence-corrected chi connectivity index (χ2v) is 13.1. The fourth-order valence-corrected chi connectivity index (χ4v) is 6.95. The Morgan fingerprint density at radius 1 is 0.953 bits per heavy atom. The van der Waals surface area contributed by atoms with E-state index in [4.69, 9.17) is 0 Å². The maximum Gasteiger partial charge on any atom is 0.251 e. The molecule has 2 N–H and O–H groups in total. The first-order chi connectivity index (χ1) is 20.6. The molecule has 43 heavy (non-hydrogen) atoms. The summed E-state index contributed by atoms with van der Waals surface area (Å²) in [6, 6.07) is 17.3. The van der Waals surface area contributed by atoms with Gasteiger partial charge in [-0.05, 0) is 92.4 Å². The van der Waals surface area contributed by atoms with Crippen LogP contribution in [0.4, 0.5) is 10.1 Å². The predicted molar refractivity (Wildman–Crippen MR) is 162 cm³/mol. The molecular weight excluding hydrogens is 592 g/mol. The molecule has 0 atom stereocenters. The quantitative estimate of drug-likeness (QED) is 0.250. The maximum absolute atomic E-state index is 13.7. The van der Waals surface area contributed by atoms with Crippen LogP contribution in [0.25, 0.3) is 5.69 Å². The molecule has 0 spiro atoms. The molecule has 4 aromatic rings. The van der Waals surface area contributed by atoms with Gasteiger partial charge in [0.25, 0.3) is 5.91 Å². The van der Waals surface area contributed by atoms with Gasteiger partial charge in [-0.2, -0.15) is 4.31 Å². The normalized spacial score (nSPS) is 13.7. The van der Waals surface area contributed by atoms with Crippen molar-refractivity contribution in [2.75, 3.05) is 24.2 Å². The van der Waals surface area contributed by atoms with E-state index < -0.39 is 21.7 Å². The summed E-state index contributed by atoms with van der Waals surface area (Å²) < 4.78 is 42.4. The Balaban J connectivity index is 1.28.